The van der Waals surface area contributed by atoms with Crippen LogP contribution in [0, 0.1) is 0 Å². The van der Waals surface area contributed by atoms with Gasteiger partial charge in [-0.15, -0.1) is 0 Å². The van der Waals surface area contributed by atoms with Crippen LogP contribution in [0.5, 0.6) is 0 Å². The zero-order valence-electron chi connectivity index (χ0n) is 14.4. The van der Waals surface area contributed by atoms with Crippen LogP contribution >= 0.6 is 24.0 Å². The first-order valence-electron chi connectivity index (χ1n) is 8.58. The average molecular weight is 378 g/mol. The summed E-state index contributed by atoms with van der Waals surface area (Å²) < 4.78 is 5.65. The van der Waals surface area contributed by atoms with Gasteiger partial charge in [0.15, 0.2) is 0 Å². The summed E-state index contributed by atoms with van der Waals surface area (Å²) in [4.78, 5) is 26.2. The molecule has 134 valence electrons. The Morgan fingerprint density at radius 3 is 2.72 bits per heavy atom. The van der Waals surface area contributed by atoms with E-state index in [9.17, 15) is 9.59 Å². The molecule has 0 unspecified atom stereocenters. The maximum absolute atomic E-state index is 12.5. The third-order valence-corrected chi connectivity index (χ3v) is 5.08. The van der Waals surface area contributed by atoms with E-state index in [1.165, 1.54) is 11.8 Å². The number of carbonyl (C=O) groups is 2. The standard InChI is InChI=1S/C19H23NO3S2/c1-2-13-23-17(21)11-7-4-8-12-20-18(22)16(25-19(20)24)14-15-9-5-3-6-10-15/h3,5-6,9-10,14H,2,4,7-8,11-13H2,1H3. The lowest BCUT2D eigenvalue weighted by atomic mass is 10.2. The lowest BCUT2D eigenvalue weighted by Gasteiger charge is -2.13. The van der Waals surface area contributed by atoms with Crippen molar-refractivity contribution in [3.8, 4) is 0 Å². The largest absolute Gasteiger partial charge is 0.466 e. The molecule has 0 bridgehead atoms. The quantitative estimate of drug-likeness (QED) is 0.276. The van der Waals surface area contributed by atoms with Gasteiger partial charge in [-0.25, -0.2) is 0 Å². The molecular weight excluding hydrogens is 354 g/mol. The fourth-order valence-electron chi connectivity index (χ4n) is 2.40. The number of amides is 1. The van der Waals surface area contributed by atoms with Gasteiger partial charge in [0.2, 0.25) is 0 Å². The van der Waals surface area contributed by atoms with Crippen molar-refractivity contribution in [1.82, 2.24) is 4.90 Å². The van der Waals surface area contributed by atoms with E-state index in [2.05, 4.69) is 0 Å². The van der Waals surface area contributed by atoms with Gasteiger partial charge in [-0.2, -0.15) is 0 Å². The Bertz CT molecular complexity index is 643. The Morgan fingerprint density at radius 2 is 2.00 bits per heavy atom. The molecule has 0 aliphatic carbocycles. The minimum Gasteiger partial charge on any atom is -0.466 e. The van der Waals surface area contributed by atoms with E-state index < -0.39 is 0 Å². The molecule has 1 aromatic rings. The number of unbranched alkanes of at least 4 members (excludes halogenated alkanes) is 2. The molecule has 4 nitrogen and oxygen atoms in total. The third kappa shape index (κ3) is 6.29. The van der Waals surface area contributed by atoms with Crippen molar-refractivity contribution in [2.75, 3.05) is 13.2 Å². The monoisotopic (exact) mass is 377 g/mol. The van der Waals surface area contributed by atoms with Crippen molar-refractivity contribution >= 4 is 46.3 Å². The van der Waals surface area contributed by atoms with Gasteiger partial charge in [-0.05, 0) is 30.9 Å². The van der Waals surface area contributed by atoms with Gasteiger partial charge < -0.3 is 4.74 Å². The van der Waals surface area contributed by atoms with Gasteiger partial charge in [0.05, 0.1) is 11.5 Å². The maximum atomic E-state index is 12.5. The molecule has 1 aromatic carbocycles. The minimum absolute atomic E-state index is 0.0267. The third-order valence-electron chi connectivity index (χ3n) is 3.70. The van der Waals surface area contributed by atoms with Crippen LogP contribution < -0.4 is 0 Å². The zero-order chi connectivity index (χ0) is 18.1. The highest BCUT2D eigenvalue weighted by molar-refractivity contribution is 8.26. The van der Waals surface area contributed by atoms with E-state index in [0.29, 0.717) is 28.8 Å². The second kappa shape index (κ2) is 10.4. The zero-order valence-corrected chi connectivity index (χ0v) is 16.0. The second-order valence-corrected chi connectivity index (χ2v) is 7.45. The molecule has 25 heavy (non-hydrogen) atoms. The summed E-state index contributed by atoms with van der Waals surface area (Å²) in [6, 6.07) is 9.76. The normalized spacial score (nSPS) is 15.9. The lowest BCUT2D eigenvalue weighted by Crippen LogP contribution is -2.29. The smallest absolute Gasteiger partial charge is 0.305 e. The average Bonchev–Trinajstić information content (AvgIpc) is 2.87. The van der Waals surface area contributed by atoms with Crippen molar-refractivity contribution in [3.63, 3.8) is 0 Å². The fourth-order valence-corrected chi connectivity index (χ4v) is 3.71. The van der Waals surface area contributed by atoms with Gasteiger partial charge in [-0.1, -0.05) is 67.7 Å². The molecule has 0 radical (unpaired) electrons. The number of hydrogen-bond acceptors (Lipinski definition) is 5. The summed E-state index contributed by atoms with van der Waals surface area (Å²) in [5, 5.41) is 0. The molecule has 0 aromatic heterocycles. The first-order valence-corrected chi connectivity index (χ1v) is 9.80. The predicted octanol–water partition coefficient (Wildman–Crippen LogP) is 4.40. The Labute approximate surface area is 158 Å². The van der Waals surface area contributed by atoms with Gasteiger partial charge in [0.1, 0.15) is 4.32 Å². The molecule has 1 aliphatic heterocycles. The summed E-state index contributed by atoms with van der Waals surface area (Å²) in [6.07, 6.45) is 5.63. The van der Waals surface area contributed by atoms with Crippen LogP contribution in [0.25, 0.3) is 6.08 Å². The van der Waals surface area contributed by atoms with Crippen molar-refractivity contribution in [3.05, 3.63) is 40.8 Å². The molecule has 0 atom stereocenters. The van der Waals surface area contributed by atoms with E-state index in [1.807, 2.05) is 43.3 Å². The molecule has 2 rings (SSSR count). The number of benzene rings is 1. The van der Waals surface area contributed by atoms with Crippen LogP contribution in [0.4, 0.5) is 0 Å². The molecule has 0 saturated carbocycles. The predicted molar refractivity (Wildman–Crippen MR) is 106 cm³/mol. The fraction of sp³-hybridized carbons (Fsp3) is 0.421. The summed E-state index contributed by atoms with van der Waals surface area (Å²) in [6.45, 7) is 3.06. The SMILES string of the molecule is CCCOC(=O)CCCCCN1C(=O)C(=Cc2ccccc2)SC1=S. The maximum Gasteiger partial charge on any atom is 0.305 e. The van der Waals surface area contributed by atoms with Gasteiger partial charge in [0, 0.05) is 13.0 Å². The Morgan fingerprint density at radius 1 is 1.24 bits per heavy atom. The highest BCUT2D eigenvalue weighted by Crippen LogP contribution is 2.32. The van der Waals surface area contributed by atoms with Crippen LogP contribution in [-0.4, -0.2) is 34.2 Å². The summed E-state index contributed by atoms with van der Waals surface area (Å²) in [5.74, 6) is -0.167. The number of hydrogen-bond donors (Lipinski definition) is 0. The molecule has 0 N–H and O–H groups in total. The molecule has 6 heteroatoms. The van der Waals surface area contributed by atoms with Crippen molar-refractivity contribution in [2.45, 2.75) is 39.0 Å². The van der Waals surface area contributed by atoms with E-state index in [0.717, 1.165) is 31.2 Å². The number of carbonyl (C=O) groups excluding carboxylic acids is 2. The number of esters is 1. The van der Waals surface area contributed by atoms with E-state index in [-0.39, 0.29) is 11.9 Å². The number of nitrogens with zero attached hydrogens (tertiary/aromatic N) is 1. The highest BCUT2D eigenvalue weighted by atomic mass is 32.2. The number of thioether (sulfide) groups is 1. The lowest BCUT2D eigenvalue weighted by molar-refractivity contribution is -0.143. The Kier molecular flexibility index (Phi) is 8.15. The Hall–Kier alpha value is -1.66. The van der Waals surface area contributed by atoms with E-state index >= 15 is 0 Å². The van der Waals surface area contributed by atoms with E-state index in [4.69, 9.17) is 17.0 Å². The van der Waals surface area contributed by atoms with Crippen LogP contribution in [-0.2, 0) is 14.3 Å². The number of thiocarbonyl (C=S) groups is 1. The first kappa shape index (κ1) is 19.7. The molecule has 1 heterocycles. The van der Waals surface area contributed by atoms with Crippen molar-refractivity contribution < 1.29 is 14.3 Å². The van der Waals surface area contributed by atoms with E-state index in [1.54, 1.807) is 4.90 Å². The summed E-state index contributed by atoms with van der Waals surface area (Å²) in [5.41, 5.74) is 0.994. The first-order chi connectivity index (χ1) is 12.1. The summed E-state index contributed by atoms with van der Waals surface area (Å²) in [7, 11) is 0. The Balaban J connectivity index is 1.75. The molecular formula is C19H23NO3S2. The van der Waals surface area contributed by atoms with Crippen LogP contribution in [0.2, 0.25) is 0 Å². The van der Waals surface area contributed by atoms with Crippen molar-refractivity contribution in [1.29, 1.82) is 0 Å². The highest BCUT2D eigenvalue weighted by Gasteiger charge is 2.31. The van der Waals surface area contributed by atoms with Gasteiger partial charge in [-0.3, -0.25) is 14.5 Å². The second-order valence-electron chi connectivity index (χ2n) is 5.78. The number of rotatable bonds is 9. The molecule has 1 amide bonds. The van der Waals surface area contributed by atoms with Gasteiger partial charge >= 0.3 is 5.97 Å². The number of ether oxygens (including phenoxy) is 1. The molecule has 0 spiro atoms. The summed E-state index contributed by atoms with van der Waals surface area (Å²) >= 11 is 6.68. The van der Waals surface area contributed by atoms with Crippen LogP contribution in [0.3, 0.4) is 0 Å². The van der Waals surface area contributed by atoms with Gasteiger partial charge in [0.25, 0.3) is 5.91 Å². The minimum atomic E-state index is -0.141. The molecule has 1 saturated heterocycles. The molecule has 1 aliphatic rings. The van der Waals surface area contributed by atoms with Crippen molar-refractivity contribution in [2.24, 2.45) is 0 Å². The van der Waals surface area contributed by atoms with Crippen LogP contribution in [0.15, 0.2) is 35.2 Å². The topological polar surface area (TPSA) is 46.6 Å². The van der Waals surface area contributed by atoms with Crippen LogP contribution in [0.1, 0.15) is 44.6 Å². The molecule has 1 fully saturated rings.